The average Bonchev–Trinajstić information content (AvgIpc) is 2.08. The normalized spacial score (nSPS) is 9.54. The molecule has 0 radical (unpaired) electrons. The summed E-state index contributed by atoms with van der Waals surface area (Å²) in [6, 6.07) is 2.47. The molecule has 68 valence electrons. The van der Waals surface area contributed by atoms with E-state index in [4.69, 9.17) is 10.2 Å². The minimum absolute atomic E-state index is 0.167. The van der Waals surface area contributed by atoms with E-state index in [0.29, 0.717) is 0 Å². The van der Waals surface area contributed by atoms with E-state index in [1.807, 2.05) is 0 Å². The van der Waals surface area contributed by atoms with Gasteiger partial charge in [0.05, 0.1) is 10.5 Å². The Balaban J connectivity index is 3.50. The Morgan fingerprint density at radius 2 is 2.08 bits per heavy atom. The summed E-state index contributed by atoms with van der Waals surface area (Å²) in [6.07, 6.45) is 1.23. The lowest BCUT2D eigenvalue weighted by atomic mass is 10.1. The van der Waals surface area contributed by atoms with Gasteiger partial charge in [-0.2, -0.15) is 0 Å². The lowest BCUT2D eigenvalue weighted by Crippen LogP contribution is -1.91. The standard InChI is InChI=1S/C8H7NO4/c1-2-5-3-4-6(10)8(11)7(5)9(12)13/h2-4,10-11H,1H2. The Morgan fingerprint density at radius 3 is 2.54 bits per heavy atom. The molecule has 0 saturated carbocycles. The van der Waals surface area contributed by atoms with Crippen molar-refractivity contribution in [2.75, 3.05) is 0 Å². The van der Waals surface area contributed by atoms with Crippen LogP contribution in [0.25, 0.3) is 6.08 Å². The molecular weight excluding hydrogens is 174 g/mol. The van der Waals surface area contributed by atoms with Crippen molar-refractivity contribution < 1.29 is 15.1 Å². The van der Waals surface area contributed by atoms with E-state index >= 15 is 0 Å². The van der Waals surface area contributed by atoms with Gasteiger partial charge in [-0.15, -0.1) is 0 Å². The third-order valence-corrected chi connectivity index (χ3v) is 1.56. The number of nitrogens with zero attached hydrogens (tertiary/aromatic N) is 1. The number of rotatable bonds is 2. The first-order valence-electron chi connectivity index (χ1n) is 3.39. The fourth-order valence-electron chi connectivity index (χ4n) is 0.941. The summed E-state index contributed by atoms with van der Waals surface area (Å²) in [7, 11) is 0. The van der Waals surface area contributed by atoms with Crippen LogP contribution in [0.1, 0.15) is 5.56 Å². The first kappa shape index (κ1) is 9.05. The summed E-state index contributed by atoms with van der Waals surface area (Å²) in [4.78, 5) is 9.67. The maximum atomic E-state index is 10.4. The predicted molar refractivity (Wildman–Crippen MR) is 46.5 cm³/mol. The van der Waals surface area contributed by atoms with Crippen molar-refractivity contribution in [2.24, 2.45) is 0 Å². The van der Waals surface area contributed by atoms with Crippen LogP contribution in [0.15, 0.2) is 18.7 Å². The summed E-state index contributed by atoms with van der Waals surface area (Å²) < 4.78 is 0. The van der Waals surface area contributed by atoms with Crippen LogP contribution in [0.4, 0.5) is 5.69 Å². The second kappa shape index (κ2) is 3.14. The number of hydrogen-bond donors (Lipinski definition) is 2. The molecule has 0 heterocycles. The van der Waals surface area contributed by atoms with Crippen molar-refractivity contribution in [1.29, 1.82) is 0 Å². The number of phenols is 2. The quantitative estimate of drug-likeness (QED) is 0.412. The predicted octanol–water partition coefficient (Wildman–Crippen LogP) is 1.65. The van der Waals surface area contributed by atoms with E-state index in [1.54, 1.807) is 0 Å². The zero-order chi connectivity index (χ0) is 10.0. The van der Waals surface area contributed by atoms with Crippen molar-refractivity contribution in [1.82, 2.24) is 0 Å². The highest BCUT2D eigenvalue weighted by Gasteiger charge is 2.20. The maximum absolute atomic E-state index is 10.4. The van der Waals surface area contributed by atoms with Crippen LogP contribution in [-0.2, 0) is 0 Å². The molecule has 0 atom stereocenters. The molecule has 5 heteroatoms. The number of hydrogen-bond acceptors (Lipinski definition) is 4. The minimum Gasteiger partial charge on any atom is -0.504 e. The second-order valence-electron chi connectivity index (χ2n) is 2.33. The fraction of sp³-hybridized carbons (Fsp3) is 0. The Hall–Kier alpha value is -2.04. The van der Waals surface area contributed by atoms with Crippen molar-refractivity contribution in [3.63, 3.8) is 0 Å². The molecule has 0 unspecified atom stereocenters. The molecule has 0 aliphatic rings. The van der Waals surface area contributed by atoms with E-state index in [9.17, 15) is 10.1 Å². The van der Waals surface area contributed by atoms with Gasteiger partial charge in [-0.1, -0.05) is 12.7 Å². The summed E-state index contributed by atoms with van der Waals surface area (Å²) in [5.41, 5.74) is -0.365. The van der Waals surface area contributed by atoms with E-state index in [2.05, 4.69) is 6.58 Å². The number of benzene rings is 1. The molecule has 0 fully saturated rings. The van der Waals surface area contributed by atoms with Crippen molar-refractivity contribution in [2.45, 2.75) is 0 Å². The molecule has 0 aliphatic carbocycles. The van der Waals surface area contributed by atoms with Gasteiger partial charge in [0.1, 0.15) is 0 Å². The summed E-state index contributed by atoms with van der Waals surface area (Å²) in [5.74, 6) is -1.25. The van der Waals surface area contributed by atoms with E-state index in [-0.39, 0.29) is 5.56 Å². The SMILES string of the molecule is C=Cc1ccc(O)c(O)c1[N+](=O)[O-]. The molecule has 0 amide bonds. The third-order valence-electron chi connectivity index (χ3n) is 1.56. The molecule has 1 aromatic rings. The molecule has 2 N–H and O–H groups in total. The Kier molecular flexibility index (Phi) is 2.19. The van der Waals surface area contributed by atoms with Crippen LogP contribution >= 0.6 is 0 Å². The minimum atomic E-state index is -0.772. The molecule has 1 rings (SSSR count). The van der Waals surface area contributed by atoms with Gasteiger partial charge in [0.2, 0.25) is 5.75 Å². The van der Waals surface area contributed by atoms with Crippen LogP contribution in [0, 0.1) is 10.1 Å². The topological polar surface area (TPSA) is 83.6 Å². The van der Waals surface area contributed by atoms with E-state index in [1.165, 1.54) is 18.2 Å². The largest absolute Gasteiger partial charge is 0.504 e. The van der Waals surface area contributed by atoms with E-state index in [0.717, 1.165) is 0 Å². The smallest absolute Gasteiger partial charge is 0.321 e. The number of aromatic hydroxyl groups is 2. The molecule has 0 aliphatic heterocycles. The monoisotopic (exact) mass is 181 g/mol. The van der Waals surface area contributed by atoms with Crippen LogP contribution < -0.4 is 0 Å². The molecule has 0 aromatic heterocycles. The van der Waals surface area contributed by atoms with Crippen molar-refractivity contribution in [3.8, 4) is 11.5 Å². The highest BCUT2D eigenvalue weighted by atomic mass is 16.6. The van der Waals surface area contributed by atoms with Gasteiger partial charge >= 0.3 is 5.69 Å². The highest BCUT2D eigenvalue weighted by molar-refractivity contribution is 5.68. The summed E-state index contributed by atoms with van der Waals surface area (Å²) in [5, 5.41) is 28.6. The molecule has 1 aromatic carbocycles. The lowest BCUT2D eigenvalue weighted by Gasteiger charge is -2.01. The Bertz CT molecular complexity index is 373. The molecule has 0 bridgehead atoms. The number of nitro groups is 1. The van der Waals surface area contributed by atoms with Gasteiger partial charge in [-0.3, -0.25) is 10.1 Å². The molecule has 0 saturated heterocycles. The molecular formula is C8H7NO4. The van der Waals surface area contributed by atoms with Crippen LogP contribution in [0.3, 0.4) is 0 Å². The zero-order valence-corrected chi connectivity index (χ0v) is 6.60. The maximum Gasteiger partial charge on any atom is 0.321 e. The van der Waals surface area contributed by atoms with Gasteiger partial charge in [0, 0.05) is 0 Å². The number of nitro benzene ring substituents is 1. The van der Waals surface area contributed by atoms with Gasteiger partial charge in [-0.05, 0) is 12.1 Å². The van der Waals surface area contributed by atoms with E-state index < -0.39 is 22.1 Å². The first-order valence-corrected chi connectivity index (χ1v) is 3.39. The molecule has 5 nitrogen and oxygen atoms in total. The summed E-state index contributed by atoms with van der Waals surface area (Å²) >= 11 is 0. The van der Waals surface area contributed by atoms with Crippen LogP contribution in [0.5, 0.6) is 11.5 Å². The molecule has 0 spiro atoms. The van der Waals surface area contributed by atoms with Crippen molar-refractivity contribution >= 4 is 11.8 Å². The van der Waals surface area contributed by atoms with Gasteiger partial charge in [0.25, 0.3) is 0 Å². The van der Waals surface area contributed by atoms with Crippen molar-refractivity contribution in [3.05, 3.63) is 34.4 Å². The van der Waals surface area contributed by atoms with Crippen LogP contribution in [0.2, 0.25) is 0 Å². The van der Waals surface area contributed by atoms with Gasteiger partial charge < -0.3 is 10.2 Å². The lowest BCUT2D eigenvalue weighted by molar-refractivity contribution is -0.386. The zero-order valence-electron chi connectivity index (χ0n) is 6.60. The Labute approximate surface area is 73.7 Å². The van der Waals surface area contributed by atoms with Crippen LogP contribution in [-0.4, -0.2) is 15.1 Å². The Morgan fingerprint density at radius 1 is 1.46 bits per heavy atom. The molecule has 13 heavy (non-hydrogen) atoms. The summed E-state index contributed by atoms with van der Waals surface area (Å²) in [6.45, 7) is 3.35. The third kappa shape index (κ3) is 1.44. The van der Waals surface area contributed by atoms with Gasteiger partial charge in [-0.25, -0.2) is 0 Å². The van der Waals surface area contributed by atoms with Gasteiger partial charge in [0.15, 0.2) is 5.75 Å². The second-order valence-corrected chi connectivity index (χ2v) is 2.33. The number of phenolic OH excluding ortho intramolecular Hbond substituents is 2. The first-order chi connectivity index (χ1) is 6.07. The fourth-order valence-corrected chi connectivity index (χ4v) is 0.941. The average molecular weight is 181 g/mol. The highest BCUT2D eigenvalue weighted by Crippen LogP contribution is 2.37.